The van der Waals surface area contributed by atoms with Crippen molar-refractivity contribution in [2.75, 3.05) is 39.4 Å². The summed E-state index contributed by atoms with van der Waals surface area (Å²) in [5.74, 6) is -0.420. The molecule has 0 radical (unpaired) electrons. The Morgan fingerprint density at radius 3 is 2.67 bits per heavy atom. The number of fused-ring (bicyclic) bond motifs is 1. The van der Waals surface area contributed by atoms with Crippen molar-refractivity contribution in [1.29, 1.82) is 0 Å². The lowest BCUT2D eigenvalue weighted by molar-refractivity contribution is 0.0305. The first-order chi connectivity index (χ1) is 14.6. The number of rotatable bonds is 3. The standard InChI is InChI=1S/C20H20N4O5S/c25-18-16(21-29-22-18)19(26)24-6-5-12(11-24)15-13-3-1-2-4-14(13)30-17(15)20(27)23-7-9-28-10-8-23/h1-4,12H,5-11H2,(H,22,25)/t12-/m1/s1. The van der Waals surface area contributed by atoms with Crippen molar-refractivity contribution in [3.8, 4) is 0 Å². The molecule has 1 aromatic carbocycles. The Labute approximate surface area is 175 Å². The lowest BCUT2D eigenvalue weighted by atomic mass is 9.94. The van der Waals surface area contributed by atoms with Crippen molar-refractivity contribution in [3.05, 3.63) is 50.8 Å². The minimum atomic E-state index is -0.632. The largest absolute Gasteiger partial charge is 0.378 e. The molecule has 10 heteroatoms. The van der Waals surface area contributed by atoms with Gasteiger partial charge in [-0.2, -0.15) is 5.16 Å². The number of aromatic amines is 1. The molecule has 0 aliphatic carbocycles. The van der Waals surface area contributed by atoms with E-state index < -0.39 is 11.5 Å². The van der Waals surface area contributed by atoms with Crippen LogP contribution in [0.2, 0.25) is 0 Å². The fraction of sp³-hybridized carbons (Fsp3) is 0.400. The summed E-state index contributed by atoms with van der Waals surface area (Å²) in [7, 11) is 0. The van der Waals surface area contributed by atoms with Gasteiger partial charge in [0.25, 0.3) is 11.8 Å². The molecule has 0 unspecified atom stereocenters. The SMILES string of the molecule is O=C(c1sc2ccccc2c1[C@@H]1CCN(C(=O)c2no[nH]c2=O)C1)N1CCOCC1. The second-order valence-electron chi connectivity index (χ2n) is 7.44. The zero-order valence-electron chi connectivity index (χ0n) is 16.1. The average molecular weight is 428 g/mol. The Morgan fingerprint density at radius 2 is 1.90 bits per heavy atom. The van der Waals surface area contributed by atoms with Gasteiger partial charge in [0.1, 0.15) is 0 Å². The first kappa shape index (κ1) is 19.0. The molecule has 2 aromatic heterocycles. The molecular formula is C20H20N4O5S. The number of morpholine rings is 1. The zero-order valence-corrected chi connectivity index (χ0v) is 16.9. The van der Waals surface area contributed by atoms with Crippen molar-refractivity contribution < 1.29 is 19.0 Å². The Balaban J connectivity index is 1.48. The van der Waals surface area contributed by atoms with E-state index in [1.54, 1.807) is 4.90 Å². The highest BCUT2D eigenvalue weighted by molar-refractivity contribution is 7.21. The van der Waals surface area contributed by atoms with E-state index in [2.05, 4.69) is 9.79 Å². The first-order valence-electron chi connectivity index (χ1n) is 9.85. The number of hydrogen-bond donors (Lipinski definition) is 1. The maximum absolute atomic E-state index is 13.3. The van der Waals surface area contributed by atoms with Crippen molar-refractivity contribution >= 4 is 33.2 Å². The summed E-state index contributed by atoms with van der Waals surface area (Å²) in [5, 5.41) is 6.60. The fourth-order valence-corrected chi connectivity index (χ4v) is 5.46. The van der Waals surface area contributed by atoms with E-state index >= 15 is 0 Å². The van der Waals surface area contributed by atoms with Gasteiger partial charge in [0.2, 0.25) is 5.69 Å². The van der Waals surface area contributed by atoms with Gasteiger partial charge in [0.05, 0.1) is 18.1 Å². The molecule has 9 nitrogen and oxygen atoms in total. The van der Waals surface area contributed by atoms with E-state index in [1.165, 1.54) is 11.3 Å². The van der Waals surface area contributed by atoms with Crippen LogP contribution in [0.5, 0.6) is 0 Å². The van der Waals surface area contributed by atoms with Gasteiger partial charge in [-0.15, -0.1) is 11.3 Å². The maximum atomic E-state index is 13.3. The molecule has 2 aliphatic heterocycles. The normalized spacial score (nSPS) is 19.5. The summed E-state index contributed by atoms with van der Waals surface area (Å²) in [6.07, 6.45) is 0.714. The van der Waals surface area contributed by atoms with Gasteiger partial charge in [-0.25, -0.2) is 0 Å². The van der Waals surface area contributed by atoms with Gasteiger partial charge >= 0.3 is 5.56 Å². The van der Waals surface area contributed by atoms with Crippen LogP contribution in [0.3, 0.4) is 0 Å². The minimum absolute atomic E-state index is 0.0103. The number of carbonyl (C=O) groups excluding carboxylic acids is 2. The van der Waals surface area contributed by atoms with Crippen LogP contribution >= 0.6 is 11.3 Å². The number of ether oxygens (including phenoxy) is 1. The summed E-state index contributed by atoms with van der Waals surface area (Å²) in [5.41, 5.74) is 0.125. The highest BCUT2D eigenvalue weighted by Gasteiger charge is 2.35. The van der Waals surface area contributed by atoms with Crippen LogP contribution in [-0.2, 0) is 4.74 Å². The smallest absolute Gasteiger partial charge is 0.313 e. The third-order valence-electron chi connectivity index (χ3n) is 5.70. The van der Waals surface area contributed by atoms with Crippen molar-refractivity contribution in [1.82, 2.24) is 20.1 Å². The predicted molar refractivity (Wildman–Crippen MR) is 109 cm³/mol. The van der Waals surface area contributed by atoms with E-state index in [9.17, 15) is 14.4 Å². The monoisotopic (exact) mass is 428 g/mol. The summed E-state index contributed by atoms with van der Waals surface area (Å²) >= 11 is 1.50. The van der Waals surface area contributed by atoms with E-state index in [0.29, 0.717) is 45.8 Å². The second kappa shape index (κ2) is 7.69. The number of nitrogens with zero attached hydrogens (tertiary/aromatic N) is 3. The number of benzene rings is 1. The summed E-state index contributed by atoms with van der Waals surface area (Å²) in [4.78, 5) is 41.9. The van der Waals surface area contributed by atoms with Crippen LogP contribution in [0.15, 0.2) is 33.7 Å². The van der Waals surface area contributed by atoms with E-state index in [0.717, 1.165) is 20.5 Å². The Morgan fingerprint density at radius 1 is 1.10 bits per heavy atom. The van der Waals surface area contributed by atoms with Crippen LogP contribution in [0, 0.1) is 0 Å². The van der Waals surface area contributed by atoms with Crippen LogP contribution in [-0.4, -0.2) is 71.3 Å². The molecule has 3 aromatic rings. The van der Waals surface area contributed by atoms with E-state index in [4.69, 9.17) is 4.74 Å². The summed E-state index contributed by atoms with van der Waals surface area (Å²) in [6, 6.07) is 7.98. The predicted octanol–water partition coefficient (Wildman–Crippen LogP) is 1.68. The number of amides is 2. The number of aromatic nitrogens is 2. The Bertz CT molecular complexity index is 1160. The van der Waals surface area contributed by atoms with Crippen molar-refractivity contribution in [2.24, 2.45) is 0 Å². The van der Waals surface area contributed by atoms with Crippen LogP contribution < -0.4 is 5.56 Å². The van der Waals surface area contributed by atoms with Crippen LogP contribution in [0.25, 0.3) is 10.1 Å². The number of hydrogen-bond acceptors (Lipinski definition) is 7. The van der Waals surface area contributed by atoms with Crippen molar-refractivity contribution in [2.45, 2.75) is 12.3 Å². The quantitative estimate of drug-likeness (QED) is 0.680. The van der Waals surface area contributed by atoms with Crippen LogP contribution in [0.4, 0.5) is 0 Å². The van der Waals surface area contributed by atoms with Gasteiger partial charge in [-0.05, 0) is 28.6 Å². The van der Waals surface area contributed by atoms with Crippen LogP contribution in [0.1, 0.15) is 38.1 Å². The molecule has 2 saturated heterocycles. The minimum Gasteiger partial charge on any atom is -0.378 e. The van der Waals surface area contributed by atoms with Gasteiger partial charge in [-0.1, -0.05) is 18.2 Å². The van der Waals surface area contributed by atoms with Gasteiger partial charge < -0.3 is 14.5 Å². The molecule has 0 saturated carbocycles. The molecule has 4 heterocycles. The molecule has 1 atom stereocenters. The molecular weight excluding hydrogens is 408 g/mol. The number of likely N-dealkylation sites (tertiary alicyclic amines) is 1. The molecule has 30 heavy (non-hydrogen) atoms. The van der Waals surface area contributed by atoms with Gasteiger partial charge in [0, 0.05) is 36.8 Å². The summed E-state index contributed by atoms with van der Waals surface area (Å²) in [6.45, 7) is 3.17. The lowest BCUT2D eigenvalue weighted by Crippen LogP contribution is -2.40. The zero-order chi connectivity index (χ0) is 20.7. The lowest BCUT2D eigenvalue weighted by Gasteiger charge is -2.27. The number of carbonyl (C=O) groups is 2. The highest BCUT2D eigenvalue weighted by Crippen LogP contribution is 2.40. The number of H-pyrrole nitrogens is 1. The highest BCUT2D eigenvalue weighted by atomic mass is 32.1. The molecule has 2 amide bonds. The molecule has 5 rings (SSSR count). The molecule has 156 valence electrons. The van der Waals surface area contributed by atoms with E-state index in [1.807, 2.05) is 34.3 Å². The van der Waals surface area contributed by atoms with Gasteiger partial charge in [0.15, 0.2) is 0 Å². The fourth-order valence-electron chi connectivity index (χ4n) is 4.21. The topological polar surface area (TPSA) is 109 Å². The molecule has 1 N–H and O–H groups in total. The maximum Gasteiger partial charge on any atom is 0.313 e. The summed E-state index contributed by atoms with van der Waals surface area (Å²) < 4.78 is 10.9. The average Bonchev–Trinajstić information content (AvgIpc) is 3.51. The second-order valence-corrected chi connectivity index (χ2v) is 8.50. The molecule has 2 fully saturated rings. The molecule has 2 aliphatic rings. The molecule has 0 bridgehead atoms. The third-order valence-corrected chi connectivity index (χ3v) is 6.88. The first-order valence-corrected chi connectivity index (χ1v) is 10.7. The molecule has 0 spiro atoms. The van der Waals surface area contributed by atoms with E-state index in [-0.39, 0.29) is 17.5 Å². The Kier molecular flexibility index (Phi) is 4.87. The Hall–Kier alpha value is -2.98. The van der Waals surface area contributed by atoms with Crippen molar-refractivity contribution in [3.63, 3.8) is 0 Å². The number of nitrogens with one attached hydrogen (secondary N) is 1. The third kappa shape index (κ3) is 3.21. The number of thiophene rings is 1. The van der Waals surface area contributed by atoms with Gasteiger partial charge in [-0.3, -0.25) is 19.0 Å².